The minimum absolute atomic E-state index is 0.195. The standard InChI is InChI=1S/C11H10BrF4NO2S/c1-7-2-4-8(5-3-7)20(18,19)17-6-9(17)10(13,14)11(12,15)16/h2-5,9H,6H2,1H3. The van der Waals surface area contributed by atoms with Crippen LogP contribution in [-0.2, 0) is 10.0 Å². The highest BCUT2D eigenvalue weighted by molar-refractivity contribution is 9.10. The van der Waals surface area contributed by atoms with Gasteiger partial charge in [-0.25, -0.2) is 8.42 Å². The molecule has 1 aliphatic rings. The molecular weight excluding hydrogens is 366 g/mol. The summed E-state index contributed by atoms with van der Waals surface area (Å²) in [5.74, 6) is -4.47. The number of aryl methyl sites for hydroxylation is 1. The van der Waals surface area contributed by atoms with E-state index in [2.05, 4.69) is 0 Å². The first kappa shape index (κ1) is 15.7. The van der Waals surface area contributed by atoms with Crippen LogP contribution < -0.4 is 0 Å². The van der Waals surface area contributed by atoms with Crippen molar-refractivity contribution in [3.8, 4) is 0 Å². The van der Waals surface area contributed by atoms with E-state index in [1.54, 1.807) is 22.9 Å². The van der Waals surface area contributed by atoms with Crippen LogP contribution in [0.5, 0.6) is 0 Å². The fraction of sp³-hybridized carbons (Fsp3) is 0.455. The summed E-state index contributed by atoms with van der Waals surface area (Å²) >= 11 is 1.60. The average molecular weight is 376 g/mol. The van der Waals surface area contributed by atoms with E-state index < -0.39 is 33.4 Å². The zero-order valence-corrected chi connectivity index (χ0v) is 12.6. The molecule has 0 radical (unpaired) electrons. The largest absolute Gasteiger partial charge is 0.365 e. The maximum absolute atomic E-state index is 13.4. The molecule has 0 aliphatic carbocycles. The molecule has 0 saturated carbocycles. The number of nitrogens with zero attached hydrogens (tertiary/aromatic N) is 1. The van der Waals surface area contributed by atoms with E-state index in [0.717, 1.165) is 5.56 Å². The second-order valence-corrected chi connectivity index (χ2v) is 7.41. The molecule has 112 valence electrons. The Morgan fingerprint density at radius 2 is 1.70 bits per heavy atom. The predicted octanol–water partition coefficient (Wildman–Crippen LogP) is 2.99. The Morgan fingerprint density at radius 3 is 2.15 bits per heavy atom. The summed E-state index contributed by atoms with van der Waals surface area (Å²) in [5, 5.41) is 0. The van der Waals surface area contributed by atoms with Gasteiger partial charge in [0.1, 0.15) is 6.04 Å². The molecule has 2 atom stereocenters. The number of hydrogen-bond donors (Lipinski definition) is 0. The fourth-order valence-electron chi connectivity index (χ4n) is 1.72. The van der Waals surface area contributed by atoms with E-state index in [1.165, 1.54) is 24.3 Å². The third-order valence-electron chi connectivity index (χ3n) is 2.99. The SMILES string of the molecule is Cc1ccc(S(=O)(=O)N2CC2C(F)(F)C(F)(F)Br)cc1. The number of hydrogen-bond acceptors (Lipinski definition) is 2. The lowest BCUT2D eigenvalue weighted by atomic mass is 10.2. The average Bonchev–Trinajstić information content (AvgIpc) is 3.08. The zero-order valence-electron chi connectivity index (χ0n) is 10.2. The second kappa shape index (κ2) is 4.67. The summed E-state index contributed by atoms with van der Waals surface area (Å²) in [6.45, 7) is 1.10. The topological polar surface area (TPSA) is 37.1 Å². The van der Waals surface area contributed by atoms with Crippen molar-refractivity contribution in [3.05, 3.63) is 29.8 Å². The first-order chi connectivity index (χ1) is 8.98. The molecule has 1 aromatic carbocycles. The quantitative estimate of drug-likeness (QED) is 0.460. The first-order valence-corrected chi connectivity index (χ1v) is 7.74. The van der Waals surface area contributed by atoms with E-state index >= 15 is 0 Å². The van der Waals surface area contributed by atoms with Gasteiger partial charge in [0.15, 0.2) is 0 Å². The van der Waals surface area contributed by atoms with Crippen molar-refractivity contribution in [3.63, 3.8) is 0 Å². The molecule has 1 fully saturated rings. The molecule has 0 bridgehead atoms. The zero-order chi connectivity index (χ0) is 15.3. The van der Waals surface area contributed by atoms with Crippen LogP contribution in [0.3, 0.4) is 0 Å². The van der Waals surface area contributed by atoms with Crippen LogP contribution in [0.1, 0.15) is 5.56 Å². The van der Waals surface area contributed by atoms with E-state index in [0.29, 0.717) is 4.31 Å². The van der Waals surface area contributed by atoms with Gasteiger partial charge in [-0.1, -0.05) is 17.7 Å². The summed E-state index contributed by atoms with van der Waals surface area (Å²) in [6.07, 6.45) is 0. The third kappa shape index (κ3) is 2.58. The maximum atomic E-state index is 13.4. The van der Waals surface area contributed by atoms with Gasteiger partial charge in [-0.3, -0.25) is 0 Å². The van der Waals surface area contributed by atoms with Gasteiger partial charge in [-0.15, -0.1) is 0 Å². The van der Waals surface area contributed by atoms with E-state index in [-0.39, 0.29) is 4.90 Å². The van der Waals surface area contributed by atoms with Gasteiger partial charge in [0.2, 0.25) is 10.0 Å². The van der Waals surface area contributed by atoms with Crippen LogP contribution in [-0.4, -0.2) is 36.1 Å². The molecule has 0 N–H and O–H groups in total. The lowest BCUT2D eigenvalue weighted by Crippen LogP contribution is -2.42. The van der Waals surface area contributed by atoms with Gasteiger partial charge in [0, 0.05) is 6.54 Å². The lowest BCUT2D eigenvalue weighted by molar-refractivity contribution is -0.149. The summed E-state index contributed by atoms with van der Waals surface area (Å²) in [4.78, 5) is -4.65. The third-order valence-corrected chi connectivity index (χ3v) is 5.41. The maximum Gasteiger partial charge on any atom is 0.365 e. The Labute approximate surface area is 121 Å². The lowest BCUT2D eigenvalue weighted by Gasteiger charge is -2.21. The smallest absolute Gasteiger partial charge is 0.207 e. The Hall–Kier alpha value is -0.670. The highest BCUT2D eigenvalue weighted by atomic mass is 79.9. The molecule has 2 rings (SSSR count). The minimum atomic E-state index is -4.47. The van der Waals surface area contributed by atoms with Crippen LogP contribution in [0.2, 0.25) is 0 Å². The van der Waals surface area contributed by atoms with Crippen molar-refractivity contribution >= 4 is 26.0 Å². The molecule has 3 nitrogen and oxygen atoms in total. The molecule has 0 spiro atoms. The number of benzene rings is 1. The number of alkyl halides is 5. The first-order valence-electron chi connectivity index (χ1n) is 5.51. The van der Waals surface area contributed by atoms with Crippen LogP contribution in [0.4, 0.5) is 17.6 Å². The highest BCUT2D eigenvalue weighted by Gasteiger charge is 2.69. The molecule has 1 saturated heterocycles. The van der Waals surface area contributed by atoms with Gasteiger partial charge in [0.05, 0.1) is 4.90 Å². The predicted molar refractivity (Wildman–Crippen MR) is 67.7 cm³/mol. The molecule has 20 heavy (non-hydrogen) atoms. The highest BCUT2D eigenvalue weighted by Crippen LogP contribution is 2.49. The van der Waals surface area contributed by atoms with Gasteiger partial charge in [-0.2, -0.15) is 21.9 Å². The number of rotatable bonds is 4. The van der Waals surface area contributed by atoms with Crippen molar-refractivity contribution < 1.29 is 26.0 Å². The normalized spacial score (nSPS) is 23.7. The van der Waals surface area contributed by atoms with Crippen molar-refractivity contribution in [1.82, 2.24) is 4.31 Å². The summed E-state index contributed by atoms with van der Waals surface area (Å²) < 4.78 is 76.7. The Balaban J connectivity index is 2.25. The molecule has 2 unspecified atom stereocenters. The van der Waals surface area contributed by atoms with Crippen molar-refractivity contribution in [2.75, 3.05) is 6.54 Å². The summed E-state index contributed by atoms with van der Waals surface area (Å²) in [7, 11) is -4.18. The fourth-order valence-corrected chi connectivity index (χ4v) is 3.54. The van der Waals surface area contributed by atoms with Crippen molar-refractivity contribution in [1.29, 1.82) is 0 Å². The molecule has 9 heteroatoms. The van der Waals surface area contributed by atoms with Crippen molar-refractivity contribution in [2.24, 2.45) is 0 Å². The Kier molecular flexibility index (Phi) is 3.67. The minimum Gasteiger partial charge on any atom is -0.207 e. The van der Waals surface area contributed by atoms with E-state index in [4.69, 9.17) is 0 Å². The molecular formula is C11H10BrF4NO2S. The van der Waals surface area contributed by atoms with Gasteiger partial charge < -0.3 is 0 Å². The van der Waals surface area contributed by atoms with Crippen LogP contribution in [0.15, 0.2) is 29.2 Å². The van der Waals surface area contributed by atoms with Gasteiger partial charge in [-0.05, 0) is 35.0 Å². The van der Waals surface area contributed by atoms with Gasteiger partial charge >= 0.3 is 10.8 Å². The molecule has 0 aromatic heterocycles. The summed E-state index contributed by atoms with van der Waals surface area (Å²) in [6, 6.07) is 3.48. The second-order valence-electron chi connectivity index (χ2n) is 4.52. The molecule has 1 aromatic rings. The summed E-state index contributed by atoms with van der Waals surface area (Å²) in [5.41, 5.74) is 0.795. The molecule has 1 heterocycles. The van der Waals surface area contributed by atoms with Crippen LogP contribution in [0.25, 0.3) is 0 Å². The van der Waals surface area contributed by atoms with Crippen LogP contribution >= 0.6 is 15.9 Å². The van der Waals surface area contributed by atoms with E-state index in [1.807, 2.05) is 0 Å². The van der Waals surface area contributed by atoms with Crippen molar-refractivity contribution in [2.45, 2.75) is 28.6 Å². The monoisotopic (exact) mass is 375 g/mol. The number of sulfonamides is 1. The number of halogens is 5. The Morgan fingerprint density at radius 1 is 1.20 bits per heavy atom. The Bertz CT molecular complexity index is 612. The van der Waals surface area contributed by atoms with Crippen LogP contribution in [0, 0.1) is 6.92 Å². The molecule has 1 aliphatic heterocycles. The van der Waals surface area contributed by atoms with Gasteiger partial charge in [0.25, 0.3) is 0 Å². The van der Waals surface area contributed by atoms with E-state index in [9.17, 15) is 26.0 Å². The molecule has 0 amide bonds.